The lowest BCUT2D eigenvalue weighted by Gasteiger charge is -2.35. The third-order valence-electron chi connectivity index (χ3n) is 4.92. The molecule has 1 fully saturated rings. The second-order valence-corrected chi connectivity index (χ2v) is 6.99. The van der Waals surface area contributed by atoms with Gasteiger partial charge in [-0.15, -0.1) is 0 Å². The number of amides is 2. The van der Waals surface area contributed by atoms with Crippen LogP contribution in [0, 0.1) is 6.92 Å². The maximum atomic E-state index is 12.7. The molecule has 1 aliphatic heterocycles. The third kappa shape index (κ3) is 4.97. The number of nitrogens with zero attached hydrogens (tertiary/aromatic N) is 3. The van der Waals surface area contributed by atoms with Crippen LogP contribution in [0.5, 0.6) is 0 Å². The highest BCUT2D eigenvalue weighted by Gasteiger charge is 2.34. The smallest absolute Gasteiger partial charge is 0.335 e. The predicted octanol–water partition coefficient (Wildman–Crippen LogP) is 4.03. The summed E-state index contributed by atoms with van der Waals surface area (Å²) in [7, 11) is 0. The number of halogens is 6. The first-order valence-corrected chi connectivity index (χ1v) is 9.18. The molecule has 0 radical (unpaired) electrons. The van der Waals surface area contributed by atoms with Crippen LogP contribution in [-0.2, 0) is 12.4 Å². The van der Waals surface area contributed by atoms with E-state index in [4.69, 9.17) is 0 Å². The topological polar surface area (TPSA) is 53.5 Å². The number of carbonyl (C=O) groups excluding carboxylic acids is 2. The largest absolute Gasteiger partial charge is 0.433 e. The van der Waals surface area contributed by atoms with E-state index in [2.05, 4.69) is 4.98 Å². The fraction of sp³-hybridized carbons (Fsp3) is 0.350. The Balaban J connectivity index is 1.64. The van der Waals surface area contributed by atoms with Crippen LogP contribution in [-0.4, -0.2) is 52.8 Å². The number of benzene rings is 1. The first-order chi connectivity index (χ1) is 14.4. The SMILES string of the molecule is Cc1nc(C(F)(F)F)ccc1C(=O)N1CCN(C(=O)c2ccc(C(F)(F)F)cc2)CC1. The molecule has 2 aromatic rings. The van der Waals surface area contributed by atoms with E-state index in [9.17, 15) is 35.9 Å². The van der Waals surface area contributed by atoms with Gasteiger partial charge in [-0.05, 0) is 43.3 Å². The Morgan fingerprint density at radius 2 is 1.29 bits per heavy atom. The zero-order valence-electron chi connectivity index (χ0n) is 16.2. The van der Waals surface area contributed by atoms with Crippen LogP contribution in [0.2, 0.25) is 0 Å². The maximum Gasteiger partial charge on any atom is 0.433 e. The Bertz CT molecular complexity index is 978. The summed E-state index contributed by atoms with van der Waals surface area (Å²) in [6.45, 7) is 1.85. The van der Waals surface area contributed by atoms with Gasteiger partial charge >= 0.3 is 12.4 Å². The van der Waals surface area contributed by atoms with Crippen molar-refractivity contribution >= 4 is 11.8 Å². The van der Waals surface area contributed by atoms with Crippen molar-refractivity contribution in [1.29, 1.82) is 0 Å². The van der Waals surface area contributed by atoms with E-state index in [0.717, 1.165) is 36.4 Å². The molecule has 31 heavy (non-hydrogen) atoms. The van der Waals surface area contributed by atoms with Gasteiger partial charge in [0, 0.05) is 31.7 Å². The number of aromatic nitrogens is 1. The number of piperazine rings is 1. The number of hydrogen-bond acceptors (Lipinski definition) is 3. The van der Waals surface area contributed by atoms with Crippen molar-refractivity contribution in [3.63, 3.8) is 0 Å². The zero-order chi connectivity index (χ0) is 23.0. The molecule has 1 saturated heterocycles. The van der Waals surface area contributed by atoms with Gasteiger partial charge in [0.05, 0.1) is 16.8 Å². The lowest BCUT2D eigenvalue weighted by Crippen LogP contribution is -2.50. The average molecular weight is 445 g/mol. The van der Waals surface area contributed by atoms with Crippen LogP contribution in [0.4, 0.5) is 26.3 Å². The summed E-state index contributed by atoms with van der Waals surface area (Å²) in [5.74, 6) is -0.964. The van der Waals surface area contributed by atoms with Gasteiger partial charge in [0.2, 0.25) is 0 Å². The number of alkyl halides is 6. The van der Waals surface area contributed by atoms with Crippen LogP contribution >= 0.6 is 0 Å². The van der Waals surface area contributed by atoms with E-state index in [1.807, 2.05) is 0 Å². The van der Waals surface area contributed by atoms with Crippen molar-refractivity contribution in [2.24, 2.45) is 0 Å². The van der Waals surface area contributed by atoms with Gasteiger partial charge in [0.1, 0.15) is 5.69 Å². The molecule has 11 heteroatoms. The summed E-state index contributed by atoms with van der Waals surface area (Å²) in [5.41, 5.74) is -1.87. The average Bonchev–Trinajstić information content (AvgIpc) is 2.71. The third-order valence-corrected chi connectivity index (χ3v) is 4.92. The molecule has 0 bridgehead atoms. The highest BCUT2D eigenvalue weighted by Crippen LogP contribution is 2.30. The standard InChI is InChI=1S/C20H17F6N3O2/c1-12-15(6-7-16(27-12)20(24,25)26)18(31)29-10-8-28(9-11-29)17(30)13-2-4-14(5-3-13)19(21,22)23/h2-7H,8-11H2,1H3. The summed E-state index contributed by atoms with van der Waals surface area (Å²) in [6, 6.07) is 5.67. The summed E-state index contributed by atoms with van der Waals surface area (Å²) in [6.07, 6.45) is -9.12. The maximum absolute atomic E-state index is 12.7. The van der Waals surface area contributed by atoms with Crippen molar-refractivity contribution in [3.05, 3.63) is 64.5 Å². The monoisotopic (exact) mass is 445 g/mol. The Morgan fingerprint density at radius 1 is 0.774 bits per heavy atom. The quantitative estimate of drug-likeness (QED) is 0.657. The predicted molar refractivity (Wildman–Crippen MR) is 97.2 cm³/mol. The van der Waals surface area contributed by atoms with Crippen molar-refractivity contribution < 1.29 is 35.9 Å². The molecule has 0 unspecified atom stereocenters. The molecule has 1 aromatic heterocycles. The van der Waals surface area contributed by atoms with E-state index in [1.165, 1.54) is 16.7 Å². The van der Waals surface area contributed by atoms with E-state index in [0.29, 0.717) is 0 Å². The van der Waals surface area contributed by atoms with Crippen LogP contribution in [0.25, 0.3) is 0 Å². The number of aryl methyl sites for hydroxylation is 1. The fourth-order valence-corrected chi connectivity index (χ4v) is 3.21. The van der Waals surface area contributed by atoms with Crippen LogP contribution in [0.1, 0.15) is 37.7 Å². The van der Waals surface area contributed by atoms with Crippen molar-refractivity contribution in [2.45, 2.75) is 19.3 Å². The molecule has 166 valence electrons. The van der Waals surface area contributed by atoms with E-state index >= 15 is 0 Å². The van der Waals surface area contributed by atoms with Gasteiger partial charge in [-0.2, -0.15) is 26.3 Å². The van der Waals surface area contributed by atoms with Crippen molar-refractivity contribution in [1.82, 2.24) is 14.8 Å². The first kappa shape index (κ1) is 22.6. The molecule has 1 aliphatic rings. The molecule has 0 N–H and O–H groups in total. The summed E-state index contributed by atoms with van der Waals surface area (Å²) >= 11 is 0. The number of carbonyl (C=O) groups is 2. The molecule has 0 aliphatic carbocycles. The van der Waals surface area contributed by atoms with Crippen molar-refractivity contribution in [2.75, 3.05) is 26.2 Å². The molecule has 1 aromatic carbocycles. The highest BCUT2D eigenvalue weighted by molar-refractivity contribution is 5.96. The Hall–Kier alpha value is -3.11. The second kappa shape index (κ2) is 8.20. The van der Waals surface area contributed by atoms with Gasteiger partial charge in [0.15, 0.2) is 0 Å². The number of rotatable bonds is 2. The molecule has 5 nitrogen and oxygen atoms in total. The minimum absolute atomic E-state index is 0.0375. The van der Waals surface area contributed by atoms with E-state index < -0.39 is 35.4 Å². The van der Waals surface area contributed by atoms with Crippen LogP contribution < -0.4 is 0 Å². The Kier molecular flexibility index (Phi) is 5.97. The Labute approximate surface area is 173 Å². The van der Waals surface area contributed by atoms with Gasteiger partial charge in [-0.3, -0.25) is 9.59 Å². The Morgan fingerprint density at radius 3 is 1.74 bits per heavy atom. The molecular weight excluding hydrogens is 428 g/mol. The number of hydrogen-bond donors (Lipinski definition) is 0. The molecule has 0 atom stereocenters. The van der Waals surface area contributed by atoms with Crippen LogP contribution in [0.3, 0.4) is 0 Å². The van der Waals surface area contributed by atoms with Gasteiger partial charge < -0.3 is 9.80 Å². The number of pyridine rings is 1. The first-order valence-electron chi connectivity index (χ1n) is 9.18. The van der Waals surface area contributed by atoms with Crippen molar-refractivity contribution in [3.8, 4) is 0 Å². The summed E-state index contributed by atoms with van der Waals surface area (Å²) in [5, 5.41) is 0. The van der Waals surface area contributed by atoms with Gasteiger partial charge in [0.25, 0.3) is 11.8 Å². The molecule has 3 rings (SSSR count). The zero-order valence-corrected chi connectivity index (χ0v) is 16.2. The van der Waals surface area contributed by atoms with Gasteiger partial charge in [-0.1, -0.05) is 0 Å². The lowest BCUT2D eigenvalue weighted by molar-refractivity contribution is -0.141. The molecule has 2 heterocycles. The van der Waals surface area contributed by atoms with Crippen LogP contribution in [0.15, 0.2) is 36.4 Å². The molecule has 0 saturated carbocycles. The second-order valence-electron chi connectivity index (χ2n) is 6.99. The molecular formula is C20H17F6N3O2. The minimum Gasteiger partial charge on any atom is -0.335 e. The molecule has 0 spiro atoms. The fourth-order valence-electron chi connectivity index (χ4n) is 3.21. The molecule has 2 amide bonds. The van der Waals surface area contributed by atoms with Gasteiger partial charge in [-0.25, -0.2) is 4.98 Å². The lowest BCUT2D eigenvalue weighted by atomic mass is 10.1. The summed E-state index contributed by atoms with van der Waals surface area (Å²) in [4.78, 5) is 31.4. The minimum atomic E-state index is -4.61. The summed E-state index contributed by atoms with van der Waals surface area (Å²) < 4.78 is 76.2. The van der Waals surface area contributed by atoms with E-state index in [1.54, 1.807) is 0 Å². The highest BCUT2D eigenvalue weighted by atomic mass is 19.4. The van der Waals surface area contributed by atoms with E-state index in [-0.39, 0.29) is 43.0 Å². The normalized spacial score (nSPS) is 15.2.